The van der Waals surface area contributed by atoms with Crippen molar-refractivity contribution in [2.75, 3.05) is 13.6 Å². The van der Waals surface area contributed by atoms with Crippen molar-refractivity contribution < 1.29 is 27.5 Å². The number of allylic oxidation sites excluding steroid dienone is 1. The van der Waals surface area contributed by atoms with E-state index < -0.39 is 50.6 Å². The predicted octanol–water partition coefficient (Wildman–Crippen LogP) is 4.33. The summed E-state index contributed by atoms with van der Waals surface area (Å²) in [5, 5.41) is 5.75. The van der Waals surface area contributed by atoms with Crippen molar-refractivity contribution in [2.24, 2.45) is 17.8 Å². The number of nitrogens with zero attached hydrogens (tertiary/aromatic N) is 4. The van der Waals surface area contributed by atoms with Crippen molar-refractivity contribution in [3.63, 3.8) is 0 Å². The third kappa shape index (κ3) is 6.81. The Morgan fingerprint density at radius 2 is 1.88 bits per heavy atom. The van der Waals surface area contributed by atoms with E-state index in [1.54, 1.807) is 11.9 Å². The highest BCUT2D eigenvalue weighted by molar-refractivity contribution is 7.91. The summed E-state index contributed by atoms with van der Waals surface area (Å²) in [6.07, 6.45) is 7.56. The number of para-hydroxylation sites is 1. The minimum absolute atomic E-state index is 0.154. The van der Waals surface area contributed by atoms with Gasteiger partial charge in [-0.2, -0.15) is 4.98 Å². The van der Waals surface area contributed by atoms with Crippen molar-refractivity contribution in [1.29, 1.82) is 0 Å². The summed E-state index contributed by atoms with van der Waals surface area (Å²) in [6.45, 7) is 4.72. The Morgan fingerprint density at radius 1 is 1.10 bits per heavy atom. The maximum absolute atomic E-state index is 14.2. The zero-order valence-electron chi connectivity index (χ0n) is 27.9. The lowest BCUT2D eigenvalue weighted by Crippen LogP contribution is -2.54. The first-order valence-corrected chi connectivity index (χ1v) is 19.6. The summed E-state index contributed by atoms with van der Waals surface area (Å²) >= 11 is 1.47. The normalized spacial score (nSPS) is 28.4. The minimum atomic E-state index is -3.82. The molecule has 0 bridgehead atoms. The van der Waals surface area contributed by atoms with Crippen LogP contribution in [0.15, 0.2) is 41.8 Å². The van der Waals surface area contributed by atoms with Gasteiger partial charge < -0.3 is 15.0 Å². The van der Waals surface area contributed by atoms with Gasteiger partial charge in [-0.1, -0.05) is 38.1 Å². The lowest BCUT2D eigenvalue weighted by molar-refractivity contribution is -0.140. The topological polar surface area (TPSA) is 161 Å². The van der Waals surface area contributed by atoms with Gasteiger partial charge in [0.2, 0.25) is 27.7 Å². The van der Waals surface area contributed by atoms with Crippen molar-refractivity contribution in [3.05, 3.63) is 47.5 Å². The second-order valence-electron chi connectivity index (χ2n) is 14.2. The number of hydrogen-bond donors (Lipinski definition) is 2. The number of fused-ring (bicyclic) bond motifs is 3. The summed E-state index contributed by atoms with van der Waals surface area (Å²) in [5.74, 6) is -2.11. The van der Waals surface area contributed by atoms with Crippen LogP contribution >= 0.6 is 11.3 Å². The van der Waals surface area contributed by atoms with Crippen LogP contribution < -0.4 is 14.8 Å². The summed E-state index contributed by atoms with van der Waals surface area (Å²) in [7, 11) is -2.06. The molecule has 12 nitrogen and oxygen atoms in total. The third-order valence-electron chi connectivity index (χ3n) is 10.1. The molecule has 0 saturated heterocycles. The number of nitrogens with one attached hydrogen (secondary N) is 2. The summed E-state index contributed by atoms with van der Waals surface area (Å²) in [6, 6.07) is 7.54. The van der Waals surface area contributed by atoms with E-state index in [2.05, 4.69) is 23.9 Å². The summed E-state index contributed by atoms with van der Waals surface area (Å²) < 4.78 is 34.3. The van der Waals surface area contributed by atoms with Crippen LogP contribution in [0, 0.1) is 17.8 Å². The van der Waals surface area contributed by atoms with E-state index in [0.717, 1.165) is 25.0 Å². The molecule has 2 N–H and O–H groups in total. The SMILES string of the molecule is CC(C)c1csc(-c2nc(OC3CC4C(=O)NC5(C(=O)NS(=O)(=O)C6CC6)CC5/C=C\CCCCN(C)C(=O)C4C3)c3ccccc3n2)n1. The van der Waals surface area contributed by atoms with E-state index in [1.165, 1.54) is 11.3 Å². The summed E-state index contributed by atoms with van der Waals surface area (Å²) in [4.78, 5) is 57.6. The molecule has 3 saturated carbocycles. The molecule has 260 valence electrons. The van der Waals surface area contributed by atoms with E-state index >= 15 is 0 Å². The first-order valence-electron chi connectivity index (χ1n) is 17.1. The highest BCUT2D eigenvalue weighted by atomic mass is 32.2. The van der Waals surface area contributed by atoms with Gasteiger partial charge >= 0.3 is 0 Å². The number of amides is 3. The van der Waals surface area contributed by atoms with Gasteiger partial charge in [0.25, 0.3) is 5.91 Å². The van der Waals surface area contributed by atoms with Gasteiger partial charge in [-0.3, -0.25) is 19.1 Å². The Morgan fingerprint density at radius 3 is 2.63 bits per heavy atom. The fourth-order valence-corrected chi connectivity index (χ4v) is 9.21. The fraction of sp³-hybridized carbons (Fsp3) is 0.543. The average molecular weight is 707 g/mol. The number of thiazole rings is 1. The van der Waals surface area contributed by atoms with Crippen molar-refractivity contribution in [1.82, 2.24) is 29.9 Å². The number of carbonyl (C=O) groups excluding carboxylic acids is 3. The number of ether oxygens (including phenoxy) is 1. The van der Waals surface area contributed by atoms with E-state index in [4.69, 9.17) is 19.7 Å². The molecule has 0 spiro atoms. The van der Waals surface area contributed by atoms with E-state index in [-0.39, 0.29) is 37.0 Å². The summed E-state index contributed by atoms with van der Waals surface area (Å²) in [5.41, 5.74) is 0.254. The minimum Gasteiger partial charge on any atom is -0.474 e. The molecule has 1 aromatic carbocycles. The molecule has 3 fully saturated rings. The first kappa shape index (κ1) is 33.6. The van der Waals surface area contributed by atoms with Crippen LogP contribution in [-0.2, 0) is 24.4 Å². The number of benzene rings is 1. The molecule has 1 aliphatic heterocycles. The lowest BCUT2D eigenvalue weighted by Gasteiger charge is -2.26. The van der Waals surface area contributed by atoms with Crippen LogP contribution in [0.3, 0.4) is 0 Å². The van der Waals surface area contributed by atoms with Crippen LogP contribution in [-0.4, -0.2) is 76.5 Å². The Bertz CT molecular complexity index is 1920. The van der Waals surface area contributed by atoms with Crippen LogP contribution in [0.4, 0.5) is 0 Å². The second-order valence-corrected chi connectivity index (χ2v) is 17.0. The van der Waals surface area contributed by atoms with Crippen LogP contribution in [0.25, 0.3) is 21.7 Å². The van der Waals surface area contributed by atoms with Gasteiger partial charge in [0.15, 0.2) is 10.8 Å². The van der Waals surface area contributed by atoms with Crippen LogP contribution in [0.5, 0.6) is 5.88 Å². The molecule has 14 heteroatoms. The number of hydrogen-bond acceptors (Lipinski definition) is 10. The van der Waals surface area contributed by atoms with Crippen LogP contribution in [0.2, 0.25) is 0 Å². The first-order chi connectivity index (χ1) is 23.4. The highest BCUT2D eigenvalue weighted by Crippen LogP contribution is 2.47. The molecule has 3 aromatic rings. The van der Waals surface area contributed by atoms with Gasteiger partial charge in [0.05, 0.1) is 33.7 Å². The van der Waals surface area contributed by atoms with E-state index in [9.17, 15) is 22.8 Å². The number of carbonyl (C=O) groups is 3. The van der Waals surface area contributed by atoms with Crippen molar-refractivity contribution in [2.45, 2.75) is 88.0 Å². The van der Waals surface area contributed by atoms with E-state index in [0.29, 0.717) is 47.0 Å². The highest BCUT2D eigenvalue weighted by Gasteiger charge is 2.62. The Kier molecular flexibility index (Phi) is 8.97. The standard InChI is InChI=1S/C35H42N6O6S2/c1-20(2)28-19-48-32(37-28)29-36-27-12-8-7-11-24(27)31(38-29)47-22-16-25-26(17-22)33(43)41(3)15-9-5-4-6-10-21-18-35(21,39-30(25)42)34(44)40-49(45,46)23-13-14-23/h6-8,10-12,19-23,25-26H,4-5,9,13-18H2,1-3H3,(H,39,42)(H,40,44)/b10-6-. The zero-order valence-corrected chi connectivity index (χ0v) is 29.6. The monoisotopic (exact) mass is 706 g/mol. The quantitative estimate of drug-likeness (QED) is 0.341. The van der Waals surface area contributed by atoms with Gasteiger partial charge in [-0.05, 0) is 69.4 Å². The Balaban J connectivity index is 1.18. The van der Waals surface area contributed by atoms with Gasteiger partial charge in [0.1, 0.15) is 11.6 Å². The number of sulfonamides is 1. The predicted molar refractivity (Wildman–Crippen MR) is 185 cm³/mol. The molecule has 5 atom stereocenters. The van der Waals surface area contributed by atoms with E-state index in [1.807, 2.05) is 41.8 Å². The number of aromatic nitrogens is 3. The fourth-order valence-electron chi connectivity index (χ4n) is 6.94. The maximum Gasteiger partial charge on any atom is 0.259 e. The lowest BCUT2D eigenvalue weighted by atomic mass is 9.93. The van der Waals surface area contributed by atoms with Crippen molar-refractivity contribution in [3.8, 4) is 16.7 Å². The number of rotatable bonds is 7. The van der Waals surface area contributed by atoms with Crippen LogP contribution in [0.1, 0.15) is 76.8 Å². The molecule has 3 amide bonds. The smallest absolute Gasteiger partial charge is 0.259 e. The average Bonchev–Trinajstić information content (AvgIpc) is 3.94. The molecule has 5 unspecified atom stereocenters. The molecule has 0 radical (unpaired) electrons. The molecule has 2 aromatic heterocycles. The second kappa shape index (κ2) is 13.1. The molecule has 4 aliphatic rings. The molecule has 3 heterocycles. The largest absolute Gasteiger partial charge is 0.474 e. The van der Waals surface area contributed by atoms with Gasteiger partial charge in [-0.15, -0.1) is 11.3 Å². The molecular formula is C35H42N6O6S2. The van der Waals surface area contributed by atoms with Crippen molar-refractivity contribution >= 4 is 50.0 Å². The molecule has 3 aliphatic carbocycles. The van der Waals surface area contributed by atoms with Gasteiger partial charge in [0, 0.05) is 24.9 Å². The molecular weight excluding hydrogens is 665 g/mol. The third-order valence-corrected chi connectivity index (χ3v) is 12.8. The Hall–Kier alpha value is -3.91. The maximum atomic E-state index is 14.2. The molecule has 7 rings (SSSR count). The zero-order chi connectivity index (χ0) is 34.5. The van der Waals surface area contributed by atoms with Gasteiger partial charge in [-0.25, -0.2) is 18.4 Å². The Labute approximate surface area is 290 Å². The molecule has 49 heavy (non-hydrogen) atoms.